The smallest absolute Gasteiger partial charge is 0.279 e. The maximum atomic E-state index is 12.8. The Balaban J connectivity index is 1.79. The van der Waals surface area contributed by atoms with Crippen molar-refractivity contribution >= 4 is 27.3 Å². The SMILES string of the molecule is C[NH+](CC(=O)Nc1ccc(F)cc1)CC(=O)N[C@]1(C)CCS(=O)(=O)C1. The summed E-state index contributed by atoms with van der Waals surface area (Å²) in [6.45, 7) is 1.82. The van der Waals surface area contributed by atoms with Crippen molar-refractivity contribution in [2.75, 3.05) is 37.0 Å². The Bertz CT molecular complexity index is 751. The van der Waals surface area contributed by atoms with E-state index >= 15 is 0 Å². The summed E-state index contributed by atoms with van der Waals surface area (Å²) in [5.74, 6) is -0.972. The number of carbonyl (C=O) groups excluding carboxylic acids is 2. The van der Waals surface area contributed by atoms with Gasteiger partial charge < -0.3 is 15.5 Å². The van der Waals surface area contributed by atoms with Crippen LogP contribution >= 0.6 is 0 Å². The van der Waals surface area contributed by atoms with Crippen molar-refractivity contribution in [3.63, 3.8) is 0 Å². The number of benzene rings is 1. The van der Waals surface area contributed by atoms with Crippen LogP contribution in [0.3, 0.4) is 0 Å². The van der Waals surface area contributed by atoms with Gasteiger partial charge in [-0.3, -0.25) is 9.59 Å². The van der Waals surface area contributed by atoms with E-state index in [1.165, 1.54) is 24.3 Å². The Morgan fingerprint density at radius 1 is 1.20 bits per heavy atom. The van der Waals surface area contributed by atoms with Crippen molar-refractivity contribution in [3.8, 4) is 0 Å². The van der Waals surface area contributed by atoms with Crippen LogP contribution in [-0.4, -0.2) is 57.4 Å². The number of sulfone groups is 1. The number of anilines is 1. The predicted molar refractivity (Wildman–Crippen MR) is 91.5 cm³/mol. The Kier molecular flexibility index (Phi) is 5.79. The summed E-state index contributed by atoms with van der Waals surface area (Å²) in [6.07, 6.45) is 0.394. The van der Waals surface area contributed by atoms with Gasteiger partial charge in [0.2, 0.25) is 0 Å². The van der Waals surface area contributed by atoms with Gasteiger partial charge in [-0.15, -0.1) is 0 Å². The average Bonchev–Trinajstić information content (AvgIpc) is 2.74. The van der Waals surface area contributed by atoms with Crippen molar-refractivity contribution in [2.24, 2.45) is 0 Å². The minimum absolute atomic E-state index is 0.0481. The van der Waals surface area contributed by atoms with E-state index in [1.807, 2.05) is 0 Å². The van der Waals surface area contributed by atoms with Gasteiger partial charge >= 0.3 is 0 Å². The van der Waals surface area contributed by atoms with Crippen LogP contribution in [-0.2, 0) is 19.4 Å². The molecule has 2 atom stereocenters. The lowest BCUT2D eigenvalue weighted by atomic mass is 10.0. The molecule has 7 nitrogen and oxygen atoms in total. The third-order valence-electron chi connectivity index (χ3n) is 4.00. The number of hydrogen-bond acceptors (Lipinski definition) is 4. The molecule has 9 heteroatoms. The zero-order valence-corrected chi connectivity index (χ0v) is 15.1. The number of halogens is 1. The third-order valence-corrected chi connectivity index (χ3v) is 5.90. The molecule has 25 heavy (non-hydrogen) atoms. The molecule has 2 amide bonds. The van der Waals surface area contributed by atoms with Crippen LogP contribution in [0.5, 0.6) is 0 Å². The third kappa shape index (κ3) is 6.09. The molecule has 1 fully saturated rings. The van der Waals surface area contributed by atoms with Crippen molar-refractivity contribution in [1.82, 2.24) is 5.32 Å². The average molecular weight is 372 g/mol. The second-order valence-corrected chi connectivity index (χ2v) is 9.00. The van der Waals surface area contributed by atoms with Gasteiger partial charge in [-0.2, -0.15) is 0 Å². The summed E-state index contributed by atoms with van der Waals surface area (Å²) in [5, 5.41) is 5.39. The molecule has 1 aromatic carbocycles. The molecule has 0 bridgehead atoms. The summed E-state index contributed by atoms with van der Waals surface area (Å²) >= 11 is 0. The molecule has 1 aliphatic rings. The molecule has 3 N–H and O–H groups in total. The molecular formula is C16H23FN3O4S+. The normalized spacial score (nSPS) is 23.0. The van der Waals surface area contributed by atoms with E-state index < -0.39 is 15.4 Å². The Morgan fingerprint density at radius 3 is 2.36 bits per heavy atom. The van der Waals surface area contributed by atoms with Crippen LogP contribution in [0.1, 0.15) is 13.3 Å². The lowest BCUT2D eigenvalue weighted by molar-refractivity contribution is -0.862. The van der Waals surface area contributed by atoms with Gasteiger partial charge in [0.05, 0.1) is 24.1 Å². The van der Waals surface area contributed by atoms with Gasteiger partial charge in [-0.1, -0.05) is 0 Å². The summed E-state index contributed by atoms with van der Waals surface area (Å²) in [6, 6.07) is 5.40. The van der Waals surface area contributed by atoms with E-state index in [2.05, 4.69) is 10.6 Å². The van der Waals surface area contributed by atoms with E-state index in [9.17, 15) is 22.4 Å². The number of likely N-dealkylation sites (N-methyl/N-ethyl adjacent to an activating group) is 1. The fourth-order valence-electron chi connectivity index (χ4n) is 2.84. The fraction of sp³-hybridized carbons (Fsp3) is 0.500. The molecule has 0 spiro atoms. The van der Waals surface area contributed by atoms with Gasteiger partial charge in [-0.05, 0) is 37.6 Å². The Morgan fingerprint density at radius 2 is 1.80 bits per heavy atom. The highest BCUT2D eigenvalue weighted by molar-refractivity contribution is 7.91. The van der Waals surface area contributed by atoms with E-state index in [0.717, 1.165) is 0 Å². The molecule has 0 saturated carbocycles. The number of rotatable bonds is 6. The predicted octanol–water partition coefficient (Wildman–Crippen LogP) is -1.03. The van der Waals surface area contributed by atoms with Crippen molar-refractivity contribution in [3.05, 3.63) is 30.1 Å². The number of nitrogens with one attached hydrogen (secondary N) is 3. The lowest BCUT2D eigenvalue weighted by Gasteiger charge is -2.24. The van der Waals surface area contributed by atoms with Crippen molar-refractivity contribution < 1.29 is 27.3 Å². The molecule has 1 unspecified atom stereocenters. The van der Waals surface area contributed by atoms with Crippen LogP contribution in [0.4, 0.5) is 10.1 Å². The second-order valence-electron chi connectivity index (χ2n) is 6.82. The first-order valence-electron chi connectivity index (χ1n) is 7.95. The number of hydrogen-bond donors (Lipinski definition) is 3. The highest BCUT2D eigenvalue weighted by atomic mass is 32.2. The zero-order chi connectivity index (χ0) is 18.7. The minimum Gasteiger partial charge on any atom is -0.345 e. The van der Waals surface area contributed by atoms with Gasteiger partial charge in [-0.25, -0.2) is 12.8 Å². The Labute approximate surface area is 146 Å². The largest absolute Gasteiger partial charge is 0.345 e. The first kappa shape index (κ1) is 19.3. The van der Waals surface area contributed by atoms with Crippen molar-refractivity contribution in [2.45, 2.75) is 18.9 Å². The summed E-state index contributed by atoms with van der Waals surface area (Å²) < 4.78 is 35.9. The highest BCUT2D eigenvalue weighted by Crippen LogP contribution is 2.22. The molecule has 1 aromatic rings. The van der Waals surface area contributed by atoms with Crippen LogP contribution in [0.25, 0.3) is 0 Å². The van der Waals surface area contributed by atoms with E-state index in [1.54, 1.807) is 14.0 Å². The topological polar surface area (TPSA) is 96.8 Å². The summed E-state index contributed by atoms with van der Waals surface area (Å²) in [4.78, 5) is 24.7. The molecule has 138 valence electrons. The number of carbonyl (C=O) groups is 2. The summed E-state index contributed by atoms with van der Waals surface area (Å²) in [7, 11) is -1.41. The van der Waals surface area contributed by atoms with Crippen LogP contribution in [0, 0.1) is 5.82 Å². The number of amides is 2. The quantitative estimate of drug-likeness (QED) is 0.595. The second kappa shape index (κ2) is 7.49. The van der Waals surface area contributed by atoms with E-state index in [4.69, 9.17) is 0 Å². The first-order chi connectivity index (χ1) is 11.6. The van der Waals surface area contributed by atoms with Crippen LogP contribution in [0.2, 0.25) is 0 Å². The maximum absolute atomic E-state index is 12.8. The van der Waals surface area contributed by atoms with E-state index in [0.29, 0.717) is 17.0 Å². The molecule has 1 heterocycles. The molecule has 1 aliphatic heterocycles. The molecule has 0 radical (unpaired) electrons. The van der Waals surface area contributed by atoms with Gasteiger partial charge in [0, 0.05) is 5.69 Å². The zero-order valence-electron chi connectivity index (χ0n) is 14.3. The standard InChI is InChI=1S/C16H22FN3O4S/c1-16(7-8-25(23,24)11-16)19-15(22)10-20(2)9-14(21)18-13-5-3-12(17)4-6-13/h3-6H,7-11H2,1-2H3,(H,18,21)(H,19,22)/p+1/t16-/m1/s1. The first-order valence-corrected chi connectivity index (χ1v) is 9.77. The highest BCUT2D eigenvalue weighted by Gasteiger charge is 2.39. The molecule has 1 saturated heterocycles. The maximum Gasteiger partial charge on any atom is 0.279 e. The molecule has 0 aliphatic carbocycles. The van der Waals surface area contributed by atoms with Crippen molar-refractivity contribution in [1.29, 1.82) is 0 Å². The van der Waals surface area contributed by atoms with Crippen LogP contribution in [0.15, 0.2) is 24.3 Å². The van der Waals surface area contributed by atoms with Gasteiger partial charge in [0.25, 0.3) is 11.8 Å². The fourth-order valence-corrected chi connectivity index (χ4v) is 4.93. The Hall–Kier alpha value is -2.00. The van der Waals surface area contributed by atoms with Gasteiger partial charge in [0.1, 0.15) is 5.82 Å². The lowest BCUT2D eigenvalue weighted by Crippen LogP contribution is -3.11. The number of quaternary nitrogens is 1. The minimum atomic E-state index is -3.10. The van der Waals surface area contributed by atoms with Gasteiger partial charge in [0.15, 0.2) is 22.9 Å². The van der Waals surface area contributed by atoms with Crippen LogP contribution < -0.4 is 15.5 Å². The van der Waals surface area contributed by atoms with E-state index in [-0.39, 0.29) is 42.2 Å². The summed E-state index contributed by atoms with van der Waals surface area (Å²) in [5.41, 5.74) is -0.264. The molecule has 0 aromatic heterocycles. The molecule has 2 rings (SSSR count). The monoisotopic (exact) mass is 372 g/mol. The molecular weight excluding hydrogens is 349 g/mol.